The van der Waals surface area contributed by atoms with Crippen molar-refractivity contribution in [3.8, 4) is 0 Å². The fourth-order valence-corrected chi connectivity index (χ4v) is 2.11. The normalized spacial score (nSPS) is 21.0. The summed E-state index contributed by atoms with van der Waals surface area (Å²) in [5.41, 5.74) is -0.767. The molecule has 1 unspecified atom stereocenters. The average Bonchev–Trinajstić information content (AvgIpc) is 2.91. The van der Waals surface area contributed by atoms with Crippen molar-refractivity contribution < 1.29 is 19.6 Å². The molecule has 1 aromatic carbocycles. The minimum absolute atomic E-state index is 0.146. The Bertz CT molecular complexity index is 555. The summed E-state index contributed by atoms with van der Waals surface area (Å²) < 4.78 is 5.11. The van der Waals surface area contributed by atoms with Gasteiger partial charge in [0, 0.05) is 38.2 Å². The van der Waals surface area contributed by atoms with Crippen LogP contribution in [0.4, 0.5) is 11.4 Å². The summed E-state index contributed by atoms with van der Waals surface area (Å²) in [6, 6.07) is 4.15. The van der Waals surface area contributed by atoms with E-state index in [1.54, 1.807) is 0 Å². The highest BCUT2D eigenvalue weighted by atomic mass is 16.6. The summed E-state index contributed by atoms with van der Waals surface area (Å²) in [6.45, 7) is 0.813. The minimum Gasteiger partial charge on any atom is -0.386 e. The second-order valence-corrected chi connectivity index (χ2v) is 4.95. The van der Waals surface area contributed by atoms with Crippen molar-refractivity contribution in [2.45, 2.75) is 12.0 Å². The van der Waals surface area contributed by atoms with Crippen molar-refractivity contribution in [2.24, 2.45) is 0 Å². The summed E-state index contributed by atoms with van der Waals surface area (Å²) in [5.74, 6) is -0.396. The first-order valence-corrected chi connectivity index (χ1v) is 6.50. The van der Waals surface area contributed by atoms with Crippen LogP contribution >= 0.6 is 0 Å². The third-order valence-corrected chi connectivity index (χ3v) is 3.37. The third kappa shape index (κ3) is 3.47. The van der Waals surface area contributed by atoms with Crippen molar-refractivity contribution in [1.82, 2.24) is 5.32 Å². The molecular formula is C13H17N3O5. The topological polar surface area (TPSA) is 114 Å². The lowest BCUT2D eigenvalue weighted by molar-refractivity contribution is -0.384. The van der Waals surface area contributed by atoms with Crippen LogP contribution in [0.1, 0.15) is 16.8 Å². The van der Waals surface area contributed by atoms with Gasteiger partial charge in [-0.25, -0.2) is 0 Å². The van der Waals surface area contributed by atoms with Crippen LogP contribution in [-0.2, 0) is 4.74 Å². The third-order valence-electron chi connectivity index (χ3n) is 3.37. The first kappa shape index (κ1) is 15.2. The molecule has 8 heteroatoms. The average molecular weight is 295 g/mol. The van der Waals surface area contributed by atoms with Crippen LogP contribution < -0.4 is 10.6 Å². The zero-order valence-electron chi connectivity index (χ0n) is 11.6. The number of nitrogens with one attached hydrogen (secondary N) is 2. The van der Waals surface area contributed by atoms with E-state index in [1.165, 1.54) is 25.2 Å². The van der Waals surface area contributed by atoms with E-state index in [4.69, 9.17) is 4.74 Å². The molecule has 0 aliphatic carbocycles. The van der Waals surface area contributed by atoms with E-state index in [2.05, 4.69) is 10.6 Å². The van der Waals surface area contributed by atoms with Crippen LogP contribution in [0.25, 0.3) is 0 Å². The lowest BCUT2D eigenvalue weighted by Crippen LogP contribution is -2.37. The number of benzene rings is 1. The number of hydrogen-bond acceptors (Lipinski definition) is 6. The molecule has 1 atom stereocenters. The Morgan fingerprint density at radius 1 is 1.57 bits per heavy atom. The summed E-state index contributed by atoms with van der Waals surface area (Å²) in [4.78, 5) is 22.0. The number of aliphatic hydroxyl groups is 1. The van der Waals surface area contributed by atoms with E-state index in [0.29, 0.717) is 13.0 Å². The molecule has 8 nitrogen and oxygen atoms in total. The number of carbonyl (C=O) groups is 1. The Kier molecular flexibility index (Phi) is 4.39. The van der Waals surface area contributed by atoms with Crippen molar-refractivity contribution in [1.29, 1.82) is 0 Å². The van der Waals surface area contributed by atoms with Crippen LogP contribution in [0, 0.1) is 10.1 Å². The predicted octanol–water partition coefficient (Wildman–Crippen LogP) is 0.518. The fraction of sp³-hybridized carbons (Fsp3) is 0.462. The minimum atomic E-state index is -1.02. The fourth-order valence-electron chi connectivity index (χ4n) is 2.11. The molecule has 0 spiro atoms. The highest BCUT2D eigenvalue weighted by molar-refractivity contribution is 5.95. The van der Waals surface area contributed by atoms with Gasteiger partial charge in [0.05, 0.1) is 11.5 Å². The summed E-state index contributed by atoms with van der Waals surface area (Å²) in [5, 5.41) is 26.5. The molecule has 0 saturated carbocycles. The van der Waals surface area contributed by atoms with Gasteiger partial charge < -0.3 is 20.5 Å². The van der Waals surface area contributed by atoms with Crippen molar-refractivity contribution >= 4 is 17.3 Å². The Hall–Kier alpha value is -2.19. The molecule has 1 saturated heterocycles. The summed E-state index contributed by atoms with van der Waals surface area (Å²) >= 11 is 0. The zero-order valence-corrected chi connectivity index (χ0v) is 11.6. The van der Waals surface area contributed by atoms with Gasteiger partial charge in [-0.05, 0) is 12.1 Å². The summed E-state index contributed by atoms with van der Waals surface area (Å²) in [6.07, 6.45) is 0.476. The first-order valence-electron chi connectivity index (χ1n) is 6.50. The van der Waals surface area contributed by atoms with E-state index < -0.39 is 16.4 Å². The number of carbonyl (C=O) groups excluding carboxylic acids is 1. The number of nitrogens with zero attached hydrogens (tertiary/aromatic N) is 1. The SMILES string of the molecule is CNC(=O)c1ccc(NCC2(O)CCOC2)c([N+](=O)[O-])c1. The Labute approximate surface area is 121 Å². The number of hydrogen-bond donors (Lipinski definition) is 3. The van der Waals surface area contributed by atoms with E-state index in [0.717, 1.165) is 0 Å². The van der Waals surface area contributed by atoms with Crippen molar-refractivity contribution in [3.05, 3.63) is 33.9 Å². The lowest BCUT2D eigenvalue weighted by Gasteiger charge is -2.21. The largest absolute Gasteiger partial charge is 0.386 e. The van der Waals surface area contributed by atoms with E-state index in [9.17, 15) is 20.0 Å². The van der Waals surface area contributed by atoms with Crippen molar-refractivity contribution in [2.75, 3.05) is 32.1 Å². The van der Waals surface area contributed by atoms with Gasteiger partial charge in [0.2, 0.25) is 0 Å². The van der Waals surface area contributed by atoms with Crippen LogP contribution in [0.15, 0.2) is 18.2 Å². The van der Waals surface area contributed by atoms with Gasteiger partial charge in [-0.2, -0.15) is 0 Å². The monoisotopic (exact) mass is 295 g/mol. The molecule has 1 aliphatic rings. The van der Waals surface area contributed by atoms with Crippen molar-refractivity contribution in [3.63, 3.8) is 0 Å². The number of anilines is 1. The smallest absolute Gasteiger partial charge is 0.293 e. The maximum Gasteiger partial charge on any atom is 0.293 e. The highest BCUT2D eigenvalue weighted by Gasteiger charge is 2.32. The standard InChI is InChI=1S/C13H17N3O5/c1-14-12(17)9-2-3-10(11(6-9)16(19)20)15-7-13(18)4-5-21-8-13/h2-3,6,15,18H,4-5,7-8H2,1H3,(H,14,17). The summed E-state index contributed by atoms with van der Waals surface area (Å²) in [7, 11) is 1.45. The van der Waals surface area contributed by atoms with Gasteiger partial charge in [0.15, 0.2) is 0 Å². The number of amides is 1. The van der Waals surface area contributed by atoms with E-state index in [1.807, 2.05) is 0 Å². The van der Waals surface area contributed by atoms with Crippen LogP contribution in [-0.4, -0.2) is 48.3 Å². The van der Waals surface area contributed by atoms with Gasteiger partial charge in [0.25, 0.3) is 11.6 Å². The van der Waals surface area contributed by atoms with Crippen LogP contribution in [0.5, 0.6) is 0 Å². The zero-order chi connectivity index (χ0) is 15.5. The van der Waals surface area contributed by atoms with E-state index in [-0.39, 0.29) is 30.1 Å². The molecule has 1 aliphatic heterocycles. The molecule has 114 valence electrons. The Morgan fingerprint density at radius 3 is 2.90 bits per heavy atom. The highest BCUT2D eigenvalue weighted by Crippen LogP contribution is 2.27. The number of rotatable bonds is 5. The predicted molar refractivity (Wildman–Crippen MR) is 75.4 cm³/mol. The molecule has 0 bridgehead atoms. The molecule has 21 heavy (non-hydrogen) atoms. The number of nitro benzene ring substituents is 1. The molecule has 3 N–H and O–H groups in total. The molecule has 0 aromatic heterocycles. The second-order valence-electron chi connectivity index (χ2n) is 4.95. The molecule has 1 amide bonds. The van der Waals surface area contributed by atoms with Crippen LogP contribution in [0.3, 0.4) is 0 Å². The Morgan fingerprint density at radius 2 is 2.33 bits per heavy atom. The van der Waals surface area contributed by atoms with Gasteiger partial charge in [-0.1, -0.05) is 0 Å². The molecule has 1 aromatic rings. The Balaban J connectivity index is 2.18. The van der Waals surface area contributed by atoms with Gasteiger partial charge in [0.1, 0.15) is 11.3 Å². The second kappa shape index (κ2) is 6.06. The molecular weight excluding hydrogens is 278 g/mol. The van der Waals surface area contributed by atoms with Gasteiger partial charge in [-0.15, -0.1) is 0 Å². The molecule has 0 radical (unpaired) electrons. The van der Waals surface area contributed by atoms with Gasteiger partial charge >= 0.3 is 0 Å². The maximum atomic E-state index is 11.5. The van der Waals surface area contributed by atoms with Gasteiger partial charge in [-0.3, -0.25) is 14.9 Å². The first-order chi connectivity index (χ1) is 9.95. The van der Waals surface area contributed by atoms with Crippen LogP contribution in [0.2, 0.25) is 0 Å². The molecule has 1 heterocycles. The number of ether oxygens (including phenoxy) is 1. The maximum absolute atomic E-state index is 11.5. The molecule has 2 rings (SSSR count). The molecule has 1 fully saturated rings. The van der Waals surface area contributed by atoms with E-state index >= 15 is 0 Å². The quantitative estimate of drug-likeness (QED) is 0.539. The lowest BCUT2D eigenvalue weighted by atomic mass is 10.0. The number of nitro groups is 1.